The molecule has 0 fully saturated rings. The van der Waals surface area contributed by atoms with Crippen molar-refractivity contribution in [2.45, 2.75) is 43.8 Å². The first-order chi connectivity index (χ1) is 7.54. The van der Waals surface area contributed by atoms with Crippen molar-refractivity contribution in [1.29, 1.82) is 0 Å². The van der Waals surface area contributed by atoms with Crippen molar-refractivity contribution in [1.82, 2.24) is 0 Å². The van der Waals surface area contributed by atoms with Crippen LogP contribution in [0.4, 0.5) is 0 Å². The van der Waals surface area contributed by atoms with Gasteiger partial charge >= 0.3 is 8.25 Å². The molecule has 0 spiro atoms. The molecule has 0 N–H and O–H groups in total. The first-order valence-electron chi connectivity index (χ1n) is 5.19. The molecule has 0 atom stereocenters. The fraction of sp³-hybridized carbons (Fsp3) is 1.00. The topological polar surface area (TPSA) is 35.5 Å². The molecule has 0 aliphatic heterocycles. The lowest BCUT2D eigenvalue weighted by molar-refractivity contribution is 0.221. The van der Waals surface area contributed by atoms with Gasteiger partial charge in [-0.3, -0.25) is 0 Å². The van der Waals surface area contributed by atoms with Crippen LogP contribution in [0.3, 0.4) is 0 Å². The smallest absolute Gasteiger partial charge is 0.119 e. The third-order valence-electron chi connectivity index (χ3n) is 1.39. The number of halogens is 3. The third kappa shape index (κ3) is 24.2. The van der Waals surface area contributed by atoms with Crippen LogP contribution < -0.4 is 0 Å². The van der Waals surface area contributed by atoms with Crippen LogP contribution in [0.15, 0.2) is 0 Å². The van der Waals surface area contributed by atoms with Crippen LogP contribution >= 0.6 is 43.1 Å². The molecule has 0 amide bonds. The van der Waals surface area contributed by atoms with Crippen molar-refractivity contribution in [2.75, 3.05) is 13.2 Å². The third-order valence-corrected chi connectivity index (χ3v) is 2.18. The number of hydrogen-bond acceptors (Lipinski definition) is 3. The number of unbranched alkanes of at least 4 members (excludes halogenated alkanes) is 2. The van der Waals surface area contributed by atoms with Crippen molar-refractivity contribution in [2.24, 2.45) is 0 Å². The largest absolute Gasteiger partial charge is 0.697 e. The van der Waals surface area contributed by atoms with Crippen LogP contribution in [0, 0.1) is 0 Å². The molecule has 0 saturated heterocycles. The SMILES string of the molecule is CCCCO[P+](=O)OCCCC.ClC(Cl)Cl. The Hall–Kier alpha value is 0.890. The zero-order chi connectivity index (χ0) is 12.8. The lowest BCUT2D eigenvalue weighted by atomic mass is 10.4. The number of hydrogen-bond donors (Lipinski definition) is 0. The monoisotopic (exact) mass is 311 g/mol. The lowest BCUT2D eigenvalue weighted by Crippen LogP contribution is -1.90. The second-order valence-electron chi connectivity index (χ2n) is 2.84. The van der Waals surface area contributed by atoms with Gasteiger partial charge in [0.05, 0.1) is 0 Å². The zero-order valence-corrected chi connectivity index (χ0v) is 12.8. The summed E-state index contributed by atoms with van der Waals surface area (Å²) >= 11 is 14.4. The van der Waals surface area contributed by atoms with Gasteiger partial charge in [-0.25, -0.2) is 0 Å². The molecule has 0 aromatic carbocycles. The summed E-state index contributed by atoms with van der Waals surface area (Å²) in [6.45, 7) is 5.21. The highest BCUT2D eigenvalue weighted by Crippen LogP contribution is 2.24. The molecule has 0 unspecified atom stereocenters. The maximum Gasteiger partial charge on any atom is 0.697 e. The van der Waals surface area contributed by atoms with E-state index in [1.54, 1.807) is 0 Å². The van der Waals surface area contributed by atoms with Gasteiger partial charge in [0.15, 0.2) is 4.30 Å². The molecular formula is C9H19Cl3O3P+. The van der Waals surface area contributed by atoms with Crippen LogP contribution in [-0.2, 0) is 13.6 Å². The van der Waals surface area contributed by atoms with Crippen molar-refractivity contribution < 1.29 is 13.6 Å². The van der Waals surface area contributed by atoms with E-state index in [1.807, 2.05) is 0 Å². The number of alkyl halides is 3. The van der Waals surface area contributed by atoms with Gasteiger partial charge < -0.3 is 0 Å². The van der Waals surface area contributed by atoms with E-state index in [0.717, 1.165) is 25.7 Å². The minimum Gasteiger partial charge on any atom is -0.119 e. The van der Waals surface area contributed by atoms with E-state index < -0.39 is 12.6 Å². The molecule has 0 aromatic rings. The Labute approximate surface area is 114 Å². The van der Waals surface area contributed by atoms with Gasteiger partial charge in [-0.05, 0) is 12.8 Å². The summed E-state index contributed by atoms with van der Waals surface area (Å²) in [5.74, 6) is 0. The van der Waals surface area contributed by atoms with Crippen LogP contribution in [0.5, 0.6) is 0 Å². The van der Waals surface area contributed by atoms with Gasteiger partial charge in [0.25, 0.3) is 0 Å². The highest BCUT2D eigenvalue weighted by atomic mass is 35.6. The Balaban J connectivity index is 0. The number of rotatable bonds is 8. The average molecular weight is 313 g/mol. The predicted octanol–water partition coefficient (Wildman–Crippen LogP) is 5.26. The molecule has 0 radical (unpaired) electrons. The van der Waals surface area contributed by atoms with Crippen molar-refractivity contribution in [3.05, 3.63) is 0 Å². The molecule has 16 heavy (non-hydrogen) atoms. The fourth-order valence-electron chi connectivity index (χ4n) is 0.604. The van der Waals surface area contributed by atoms with Gasteiger partial charge in [-0.2, -0.15) is 0 Å². The first kappa shape index (κ1) is 19.2. The van der Waals surface area contributed by atoms with Gasteiger partial charge in [0.2, 0.25) is 0 Å². The van der Waals surface area contributed by atoms with Crippen LogP contribution in [0.25, 0.3) is 0 Å². The lowest BCUT2D eigenvalue weighted by Gasteiger charge is -1.89. The van der Waals surface area contributed by atoms with E-state index in [4.69, 9.17) is 43.9 Å². The first-order valence-corrected chi connectivity index (χ1v) is 7.60. The predicted molar refractivity (Wildman–Crippen MR) is 70.7 cm³/mol. The van der Waals surface area contributed by atoms with E-state index in [1.165, 1.54) is 0 Å². The molecule has 0 aliphatic carbocycles. The van der Waals surface area contributed by atoms with Gasteiger partial charge in [0.1, 0.15) is 13.2 Å². The van der Waals surface area contributed by atoms with Crippen molar-refractivity contribution in [3.8, 4) is 0 Å². The molecule has 0 bridgehead atoms. The molecule has 0 aromatic heterocycles. The summed E-state index contributed by atoms with van der Waals surface area (Å²) in [5.41, 5.74) is 0. The van der Waals surface area contributed by atoms with Crippen molar-refractivity contribution in [3.63, 3.8) is 0 Å². The highest BCUT2D eigenvalue weighted by Gasteiger charge is 2.18. The quantitative estimate of drug-likeness (QED) is 0.348. The summed E-state index contributed by atoms with van der Waals surface area (Å²) in [6.07, 6.45) is 3.99. The molecule has 3 nitrogen and oxygen atoms in total. The minimum atomic E-state index is -1.85. The van der Waals surface area contributed by atoms with Crippen LogP contribution in [0.1, 0.15) is 39.5 Å². The molecule has 0 aliphatic rings. The van der Waals surface area contributed by atoms with Crippen LogP contribution in [-0.4, -0.2) is 17.5 Å². The molecule has 98 valence electrons. The zero-order valence-electron chi connectivity index (χ0n) is 9.63. The Morgan fingerprint density at radius 3 is 1.56 bits per heavy atom. The summed E-state index contributed by atoms with van der Waals surface area (Å²) < 4.78 is 20.0. The average Bonchev–Trinajstić information content (AvgIpc) is 2.18. The molecule has 0 saturated carbocycles. The summed E-state index contributed by atoms with van der Waals surface area (Å²) in [5, 5.41) is 0. The Kier molecular flexibility index (Phi) is 19.1. The van der Waals surface area contributed by atoms with Gasteiger partial charge in [-0.1, -0.05) is 61.5 Å². The van der Waals surface area contributed by atoms with E-state index in [-0.39, 0.29) is 0 Å². The minimum absolute atomic E-state index is 0.540. The summed E-state index contributed by atoms with van der Waals surface area (Å²) in [4.78, 5) is 0. The molecule has 0 heterocycles. The van der Waals surface area contributed by atoms with Gasteiger partial charge in [0, 0.05) is 4.57 Å². The van der Waals surface area contributed by atoms with E-state index in [0.29, 0.717) is 13.2 Å². The normalized spacial score (nSPS) is 9.88. The van der Waals surface area contributed by atoms with Gasteiger partial charge in [-0.15, -0.1) is 9.05 Å². The molecular weight excluding hydrogens is 293 g/mol. The van der Waals surface area contributed by atoms with Crippen LogP contribution in [0.2, 0.25) is 0 Å². The highest BCUT2D eigenvalue weighted by molar-refractivity contribution is 7.33. The maximum atomic E-state index is 10.9. The Bertz CT molecular complexity index is 144. The molecule has 7 heteroatoms. The van der Waals surface area contributed by atoms with E-state index in [9.17, 15) is 4.57 Å². The summed E-state index contributed by atoms with van der Waals surface area (Å²) in [7, 11) is -1.85. The molecule has 0 rings (SSSR count). The second-order valence-corrected chi connectivity index (χ2v) is 5.79. The van der Waals surface area contributed by atoms with Crippen molar-refractivity contribution >= 4 is 43.1 Å². The fourth-order valence-corrected chi connectivity index (χ4v) is 1.23. The van der Waals surface area contributed by atoms with E-state index in [2.05, 4.69) is 13.8 Å². The second kappa shape index (κ2) is 15.9. The summed E-state index contributed by atoms with van der Waals surface area (Å²) in [6, 6.07) is 0. The Morgan fingerprint density at radius 1 is 1.00 bits per heavy atom. The standard InChI is InChI=1S/C8H18O3P.CHCl3/c1-3-5-7-10-12(9)11-8-6-4-2;2-1(3)4/h3-8H2,1-2H3;1H/q+1;. The maximum absolute atomic E-state index is 10.9. The van der Waals surface area contributed by atoms with E-state index >= 15 is 0 Å². The Morgan fingerprint density at radius 2 is 1.31 bits per heavy atom.